The van der Waals surface area contributed by atoms with Crippen LogP contribution in [0, 0.1) is 0 Å². The predicted octanol–water partition coefficient (Wildman–Crippen LogP) is 4.23. The van der Waals surface area contributed by atoms with Crippen molar-refractivity contribution in [1.82, 2.24) is 19.7 Å². The summed E-state index contributed by atoms with van der Waals surface area (Å²) in [6.07, 6.45) is 0. The molecule has 28 heavy (non-hydrogen) atoms. The second-order valence-electron chi connectivity index (χ2n) is 6.34. The third-order valence-corrected chi connectivity index (χ3v) is 4.60. The molecule has 0 fully saturated rings. The van der Waals surface area contributed by atoms with Gasteiger partial charge in [0.25, 0.3) is 5.95 Å². The van der Waals surface area contributed by atoms with Crippen LogP contribution in [0.25, 0.3) is 22.1 Å². The van der Waals surface area contributed by atoms with Crippen LogP contribution < -0.4 is 10.2 Å². The molecule has 4 aromatic rings. The molecule has 4 rings (SSSR count). The predicted molar refractivity (Wildman–Crippen MR) is 112 cm³/mol. The summed E-state index contributed by atoms with van der Waals surface area (Å²) in [5, 5.41) is 14.0. The fourth-order valence-corrected chi connectivity index (χ4v) is 3.23. The lowest BCUT2D eigenvalue weighted by Crippen LogP contribution is -2.05. The van der Waals surface area contributed by atoms with Crippen LogP contribution >= 0.6 is 0 Å². The molecule has 7 nitrogen and oxygen atoms in total. The largest absolute Gasteiger partial charge is 0.494 e. The first kappa shape index (κ1) is 17.9. The number of hydrazone groups is 1. The van der Waals surface area contributed by atoms with E-state index in [1.165, 1.54) is 0 Å². The number of nitrogens with zero attached hydrogens (tertiary/aromatic N) is 5. The summed E-state index contributed by atoms with van der Waals surface area (Å²) in [4.78, 5) is 4.64. The van der Waals surface area contributed by atoms with Crippen molar-refractivity contribution in [3.05, 3.63) is 54.1 Å². The van der Waals surface area contributed by atoms with E-state index in [0.717, 1.165) is 45.6 Å². The molecule has 1 N–H and O–H groups in total. The minimum atomic E-state index is 0.371. The molecule has 0 atom stereocenters. The van der Waals surface area contributed by atoms with Gasteiger partial charge in [0.1, 0.15) is 11.3 Å². The average molecular weight is 374 g/mol. The number of anilines is 1. The van der Waals surface area contributed by atoms with Gasteiger partial charge in [0.2, 0.25) is 0 Å². The molecule has 0 aliphatic carbocycles. The summed E-state index contributed by atoms with van der Waals surface area (Å²) in [6.45, 7) is 7.44. The zero-order chi connectivity index (χ0) is 19.5. The second-order valence-corrected chi connectivity index (χ2v) is 6.34. The Kier molecular flexibility index (Phi) is 4.89. The van der Waals surface area contributed by atoms with Crippen LogP contribution in [-0.4, -0.2) is 32.1 Å². The number of fused-ring (bicyclic) bond motifs is 3. The van der Waals surface area contributed by atoms with Gasteiger partial charge >= 0.3 is 0 Å². The Balaban J connectivity index is 1.62. The van der Waals surface area contributed by atoms with Gasteiger partial charge in [0.15, 0.2) is 5.65 Å². The van der Waals surface area contributed by atoms with Crippen molar-refractivity contribution in [1.29, 1.82) is 0 Å². The molecule has 2 aromatic carbocycles. The Morgan fingerprint density at radius 3 is 2.61 bits per heavy atom. The normalized spacial score (nSPS) is 11.9. The lowest BCUT2D eigenvalue weighted by molar-refractivity contribution is 0.340. The van der Waals surface area contributed by atoms with Crippen LogP contribution in [0.2, 0.25) is 0 Å². The topological polar surface area (TPSA) is 77.2 Å². The van der Waals surface area contributed by atoms with Crippen LogP contribution in [-0.2, 0) is 6.54 Å². The summed E-state index contributed by atoms with van der Waals surface area (Å²) >= 11 is 0. The summed E-state index contributed by atoms with van der Waals surface area (Å²) < 4.78 is 7.60. The van der Waals surface area contributed by atoms with Crippen LogP contribution in [0.3, 0.4) is 0 Å². The van der Waals surface area contributed by atoms with Crippen molar-refractivity contribution in [3.63, 3.8) is 0 Å². The number of hydrogen-bond acceptors (Lipinski definition) is 6. The van der Waals surface area contributed by atoms with E-state index in [9.17, 15) is 0 Å². The standard InChI is InChI=1S/C21H22N6O/c1-4-27-18-9-7-6-8-17(18)19-20(27)22-21(26-24-19)25-23-14(3)15-10-12-16(13-11-15)28-5-2/h6-13H,4-5H2,1-3H3,(H,22,25,26)/b23-14-. The Bertz CT molecular complexity index is 1150. The SMILES string of the molecule is CCOc1ccc(/C(C)=N\Nc2nnc3c4ccccc4n(CC)c3n2)cc1. The first-order valence-electron chi connectivity index (χ1n) is 9.36. The fraction of sp³-hybridized carbons (Fsp3) is 0.238. The highest BCUT2D eigenvalue weighted by atomic mass is 16.5. The fourth-order valence-electron chi connectivity index (χ4n) is 3.23. The lowest BCUT2D eigenvalue weighted by Gasteiger charge is -2.06. The molecule has 0 radical (unpaired) electrons. The maximum atomic E-state index is 5.47. The zero-order valence-electron chi connectivity index (χ0n) is 16.2. The maximum Gasteiger partial charge on any atom is 0.265 e. The van der Waals surface area contributed by atoms with Gasteiger partial charge < -0.3 is 9.30 Å². The Hall–Kier alpha value is -3.48. The highest BCUT2D eigenvalue weighted by Crippen LogP contribution is 2.26. The third kappa shape index (κ3) is 3.26. The molecule has 0 saturated heterocycles. The molecule has 2 heterocycles. The molecule has 0 unspecified atom stereocenters. The van der Waals surface area contributed by atoms with Crippen molar-refractivity contribution in [2.24, 2.45) is 5.10 Å². The molecule has 0 saturated carbocycles. The van der Waals surface area contributed by atoms with E-state index in [1.807, 2.05) is 56.3 Å². The Morgan fingerprint density at radius 1 is 1.07 bits per heavy atom. The number of para-hydroxylation sites is 1. The molecule has 2 aromatic heterocycles. The van der Waals surface area contributed by atoms with Crippen molar-refractivity contribution in [2.75, 3.05) is 12.0 Å². The summed E-state index contributed by atoms with van der Waals surface area (Å²) in [7, 11) is 0. The molecule has 142 valence electrons. The number of rotatable bonds is 6. The number of aryl methyl sites for hydroxylation is 1. The van der Waals surface area contributed by atoms with Crippen molar-refractivity contribution in [3.8, 4) is 5.75 Å². The van der Waals surface area contributed by atoms with Gasteiger partial charge in [-0.25, -0.2) is 5.43 Å². The number of hydrogen-bond donors (Lipinski definition) is 1. The minimum absolute atomic E-state index is 0.371. The van der Waals surface area contributed by atoms with E-state index in [1.54, 1.807) is 0 Å². The lowest BCUT2D eigenvalue weighted by atomic mass is 10.1. The third-order valence-electron chi connectivity index (χ3n) is 4.60. The Morgan fingerprint density at radius 2 is 1.86 bits per heavy atom. The van der Waals surface area contributed by atoms with Crippen molar-refractivity contribution >= 4 is 33.7 Å². The van der Waals surface area contributed by atoms with Gasteiger partial charge in [-0.1, -0.05) is 18.2 Å². The quantitative estimate of drug-likeness (QED) is 0.404. The van der Waals surface area contributed by atoms with E-state index in [-0.39, 0.29) is 0 Å². The van der Waals surface area contributed by atoms with Crippen molar-refractivity contribution < 1.29 is 4.74 Å². The summed E-state index contributed by atoms with van der Waals surface area (Å²) in [5.41, 5.74) is 7.45. The zero-order valence-corrected chi connectivity index (χ0v) is 16.2. The number of ether oxygens (including phenoxy) is 1. The van der Waals surface area contributed by atoms with Crippen molar-refractivity contribution in [2.45, 2.75) is 27.3 Å². The summed E-state index contributed by atoms with van der Waals surface area (Å²) in [5.74, 6) is 1.22. The van der Waals surface area contributed by atoms with Crippen LogP contribution in [0.4, 0.5) is 5.95 Å². The van der Waals surface area contributed by atoms with Crippen LogP contribution in [0.15, 0.2) is 53.6 Å². The first-order valence-corrected chi connectivity index (χ1v) is 9.36. The number of nitrogens with one attached hydrogen (secondary N) is 1. The number of aromatic nitrogens is 4. The molecular formula is C21H22N6O. The van der Waals surface area contributed by atoms with Gasteiger partial charge in [-0.3, -0.25) is 0 Å². The van der Waals surface area contributed by atoms with Crippen LogP contribution in [0.5, 0.6) is 5.75 Å². The summed E-state index contributed by atoms with van der Waals surface area (Å²) in [6, 6.07) is 15.9. The van der Waals surface area contributed by atoms with E-state index in [2.05, 4.69) is 43.3 Å². The van der Waals surface area contributed by atoms with E-state index < -0.39 is 0 Å². The minimum Gasteiger partial charge on any atom is -0.494 e. The molecule has 0 amide bonds. The average Bonchev–Trinajstić information content (AvgIpc) is 3.05. The van der Waals surface area contributed by atoms with Gasteiger partial charge in [0.05, 0.1) is 17.8 Å². The Labute approximate surface area is 163 Å². The van der Waals surface area contributed by atoms with Gasteiger partial charge in [-0.2, -0.15) is 10.1 Å². The molecule has 0 bridgehead atoms. The van der Waals surface area contributed by atoms with Gasteiger partial charge in [-0.05, 0) is 56.7 Å². The highest BCUT2D eigenvalue weighted by molar-refractivity contribution is 6.04. The second kappa shape index (κ2) is 7.64. The van der Waals surface area contributed by atoms with Gasteiger partial charge in [-0.15, -0.1) is 10.2 Å². The highest BCUT2D eigenvalue weighted by Gasteiger charge is 2.13. The monoisotopic (exact) mass is 374 g/mol. The maximum absolute atomic E-state index is 5.47. The molecule has 7 heteroatoms. The molecule has 0 aliphatic heterocycles. The molecule has 0 spiro atoms. The van der Waals surface area contributed by atoms with Crippen LogP contribution in [0.1, 0.15) is 26.3 Å². The molecule has 0 aliphatic rings. The first-order chi connectivity index (χ1) is 13.7. The number of benzene rings is 2. The van der Waals surface area contributed by atoms with E-state index in [0.29, 0.717) is 12.6 Å². The van der Waals surface area contributed by atoms with E-state index >= 15 is 0 Å². The van der Waals surface area contributed by atoms with Gasteiger partial charge in [0, 0.05) is 11.9 Å². The molecular weight excluding hydrogens is 352 g/mol. The van der Waals surface area contributed by atoms with E-state index in [4.69, 9.17) is 4.74 Å². The smallest absolute Gasteiger partial charge is 0.265 e.